The number of likely N-dealkylation sites (tertiary alicyclic amines) is 1. The Hall–Kier alpha value is -4.62. The van der Waals surface area contributed by atoms with Gasteiger partial charge in [0.1, 0.15) is 23.2 Å². The number of aryl methyl sites for hydroxylation is 1. The lowest BCUT2D eigenvalue weighted by molar-refractivity contribution is -0.169. The summed E-state index contributed by atoms with van der Waals surface area (Å²) in [4.78, 5) is 33.8. The fraction of sp³-hybridized carbons (Fsp3) is 0.310. The number of nitrogens with zero attached hydrogens (tertiary/aromatic N) is 3. The summed E-state index contributed by atoms with van der Waals surface area (Å²) in [6, 6.07) is 7.62. The molecule has 4 heterocycles. The van der Waals surface area contributed by atoms with E-state index in [2.05, 4.69) is 15.3 Å². The molecule has 0 radical (unpaired) electrons. The molecule has 1 atom stereocenters. The zero-order valence-electron chi connectivity index (χ0n) is 22.4. The Balaban J connectivity index is 1.33. The minimum atomic E-state index is -4.79. The van der Waals surface area contributed by atoms with E-state index < -0.39 is 35.4 Å². The van der Waals surface area contributed by atoms with Gasteiger partial charge in [0.25, 0.3) is 5.91 Å². The molecule has 1 saturated heterocycles. The molecule has 1 aliphatic rings. The predicted octanol–water partition coefficient (Wildman–Crippen LogP) is 5.91. The van der Waals surface area contributed by atoms with Gasteiger partial charge in [-0.05, 0) is 61.2 Å². The molecule has 0 saturated carbocycles. The highest BCUT2D eigenvalue weighted by atomic mass is 19.4. The van der Waals surface area contributed by atoms with E-state index in [1.165, 1.54) is 24.3 Å². The summed E-state index contributed by atoms with van der Waals surface area (Å²) in [6.07, 6.45) is -6.24. The number of carbonyl (C=O) groups is 2. The molecule has 3 aromatic heterocycles. The van der Waals surface area contributed by atoms with E-state index in [4.69, 9.17) is 10.2 Å². The topological polar surface area (TPSA) is 114 Å². The average molecular weight is 606 g/mol. The number of fused-ring (bicyclic) bond motifs is 1. The van der Waals surface area contributed by atoms with E-state index in [0.717, 1.165) is 22.7 Å². The monoisotopic (exact) mass is 605 g/mol. The second kappa shape index (κ2) is 11.6. The summed E-state index contributed by atoms with van der Waals surface area (Å²) < 4.78 is 87.3. The standard InChI is InChI=1S/C29H25F6N5O3/c30-28(31,32)21-12-18(22-6-5-17(14-37-22)27(42)40-9-1-2-23(40)29(33,34)35)10-19-11-20(43-26(19)21)15-39-25(41)8-4-16-3-7-24(36)38-13-16/h3,5-7,10-14,23H,1-2,4,8-9,15H2,(H2,36,38)(H,39,41)/t23-/m1/s1. The van der Waals surface area contributed by atoms with E-state index in [9.17, 15) is 35.9 Å². The number of halogens is 6. The van der Waals surface area contributed by atoms with Crippen molar-refractivity contribution in [2.24, 2.45) is 0 Å². The van der Waals surface area contributed by atoms with Crippen LogP contribution in [0, 0.1) is 0 Å². The molecule has 8 nitrogen and oxygen atoms in total. The second-order valence-corrected chi connectivity index (χ2v) is 10.2. The molecule has 0 aliphatic carbocycles. The molecular weight excluding hydrogens is 580 g/mol. The van der Waals surface area contributed by atoms with Crippen LogP contribution < -0.4 is 11.1 Å². The van der Waals surface area contributed by atoms with Gasteiger partial charge in [-0.15, -0.1) is 0 Å². The third kappa shape index (κ3) is 6.73. The van der Waals surface area contributed by atoms with Gasteiger partial charge in [0.05, 0.1) is 23.4 Å². The number of nitrogens with two attached hydrogens (primary N) is 1. The number of nitrogen functional groups attached to an aromatic ring is 1. The van der Waals surface area contributed by atoms with Crippen LogP contribution in [0.2, 0.25) is 0 Å². The number of furan rings is 1. The number of carbonyl (C=O) groups excluding carboxylic acids is 2. The van der Waals surface area contributed by atoms with Gasteiger partial charge in [-0.25, -0.2) is 4.98 Å². The Morgan fingerprint density at radius 3 is 2.47 bits per heavy atom. The van der Waals surface area contributed by atoms with Gasteiger partial charge in [0, 0.05) is 36.3 Å². The average Bonchev–Trinajstić information content (AvgIpc) is 3.62. The highest BCUT2D eigenvalue weighted by Crippen LogP contribution is 2.39. The van der Waals surface area contributed by atoms with E-state index in [0.29, 0.717) is 12.2 Å². The minimum absolute atomic E-state index is 0.0558. The van der Waals surface area contributed by atoms with Gasteiger partial charge >= 0.3 is 12.4 Å². The third-order valence-corrected chi connectivity index (χ3v) is 7.12. The van der Waals surface area contributed by atoms with Crippen LogP contribution in [-0.2, 0) is 23.9 Å². The molecule has 1 aliphatic heterocycles. The van der Waals surface area contributed by atoms with Gasteiger partial charge in [0.2, 0.25) is 5.91 Å². The largest absolute Gasteiger partial charge is 0.459 e. The molecular formula is C29H25F6N5O3. The highest BCUT2D eigenvalue weighted by Gasteiger charge is 2.47. The number of anilines is 1. The maximum atomic E-state index is 14.0. The number of rotatable bonds is 7. The summed E-state index contributed by atoms with van der Waals surface area (Å²) in [6.45, 7) is -0.204. The lowest BCUT2D eigenvalue weighted by Gasteiger charge is -2.26. The second-order valence-electron chi connectivity index (χ2n) is 10.2. The van der Waals surface area contributed by atoms with E-state index in [1.54, 1.807) is 18.3 Å². The van der Waals surface area contributed by atoms with Crippen LogP contribution in [0.5, 0.6) is 0 Å². The Bertz CT molecular complexity index is 1630. The molecule has 4 aromatic rings. The molecule has 2 amide bonds. The highest BCUT2D eigenvalue weighted by molar-refractivity contribution is 5.95. The number of hydrogen-bond donors (Lipinski definition) is 2. The van der Waals surface area contributed by atoms with Crippen molar-refractivity contribution < 1.29 is 40.3 Å². The minimum Gasteiger partial charge on any atom is -0.459 e. The van der Waals surface area contributed by atoms with Crippen LogP contribution in [0.1, 0.15) is 46.5 Å². The Labute approximate surface area is 240 Å². The number of amides is 2. The lowest BCUT2D eigenvalue weighted by atomic mass is 10.0. The van der Waals surface area contributed by atoms with Crippen molar-refractivity contribution in [3.05, 3.63) is 77.3 Å². The van der Waals surface area contributed by atoms with E-state index in [-0.39, 0.29) is 66.2 Å². The molecule has 0 unspecified atom stereocenters. The molecule has 0 bridgehead atoms. The van der Waals surface area contributed by atoms with Crippen LogP contribution in [-0.4, -0.2) is 45.4 Å². The fourth-order valence-electron chi connectivity index (χ4n) is 4.97. The van der Waals surface area contributed by atoms with Crippen molar-refractivity contribution in [2.75, 3.05) is 12.3 Å². The first kappa shape index (κ1) is 29.9. The van der Waals surface area contributed by atoms with Crippen LogP contribution in [0.3, 0.4) is 0 Å². The summed E-state index contributed by atoms with van der Waals surface area (Å²) in [7, 11) is 0. The SMILES string of the molecule is Nc1ccc(CCC(=O)NCc2cc3cc(-c4ccc(C(=O)N5CCC[C@@H]5C(F)(F)F)cn4)cc(C(F)(F)F)c3o2)cn1. The Morgan fingerprint density at radius 2 is 1.81 bits per heavy atom. The maximum Gasteiger partial charge on any atom is 0.420 e. The maximum absolute atomic E-state index is 14.0. The van der Waals surface area contributed by atoms with Crippen LogP contribution in [0.25, 0.3) is 22.2 Å². The van der Waals surface area contributed by atoms with E-state index in [1.807, 2.05) is 0 Å². The predicted molar refractivity (Wildman–Crippen MR) is 143 cm³/mol. The van der Waals surface area contributed by atoms with Gasteiger partial charge in [0.15, 0.2) is 0 Å². The number of aromatic nitrogens is 2. The first-order valence-electron chi connectivity index (χ1n) is 13.2. The van der Waals surface area contributed by atoms with Crippen molar-refractivity contribution in [1.82, 2.24) is 20.2 Å². The Kier molecular flexibility index (Phi) is 8.04. The third-order valence-electron chi connectivity index (χ3n) is 7.12. The Morgan fingerprint density at radius 1 is 1.02 bits per heavy atom. The smallest absolute Gasteiger partial charge is 0.420 e. The summed E-state index contributed by atoms with van der Waals surface area (Å²) in [5.74, 6) is -0.748. The van der Waals surface area contributed by atoms with Crippen molar-refractivity contribution in [1.29, 1.82) is 0 Å². The normalized spacial score (nSPS) is 15.7. The quantitative estimate of drug-likeness (QED) is 0.254. The molecule has 43 heavy (non-hydrogen) atoms. The zero-order chi connectivity index (χ0) is 30.9. The number of hydrogen-bond acceptors (Lipinski definition) is 6. The molecule has 14 heteroatoms. The van der Waals surface area contributed by atoms with Crippen molar-refractivity contribution in [2.45, 2.75) is 50.6 Å². The first-order chi connectivity index (χ1) is 20.3. The molecule has 5 rings (SSSR count). The summed E-state index contributed by atoms with van der Waals surface area (Å²) >= 11 is 0. The molecule has 0 spiro atoms. The molecule has 3 N–H and O–H groups in total. The first-order valence-corrected chi connectivity index (χ1v) is 13.2. The lowest BCUT2D eigenvalue weighted by Crippen LogP contribution is -2.44. The molecule has 1 fully saturated rings. The van der Waals surface area contributed by atoms with Gasteiger partial charge in [-0.1, -0.05) is 6.07 Å². The van der Waals surface area contributed by atoms with Gasteiger partial charge < -0.3 is 20.4 Å². The summed E-state index contributed by atoms with van der Waals surface area (Å²) in [5, 5.41) is 2.73. The van der Waals surface area contributed by atoms with Crippen molar-refractivity contribution in [3.63, 3.8) is 0 Å². The van der Waals surface area contributed by atoms with Gasteiger partial charge in [-0.2, -0.15) is 26.3 Å². The number of nitrogens with one attached hydrogen (secondary N) is 1. The van der Waals surface area contributed by atoms with Gasteiger partial charge in [-0.3, -0.25) is 14.6 Å². The fourth-order valence-corrected chi connectivity index (χ4v) is 4.97. The number of pyridine rings is 2. The number of benzene rings is 1. The number of alkyl halides is 6. The van der Waals surface area contributed by atoms with E-state index >= 15 is 0 Å². The van der Waals surface area contributed by atoms with Crippen LogP contribution >= 0.6 is 0 Å². The van der Waals surface area contributed by atoms with Crippen LogP contribution in [0.4, 0.5) is 32.2 Å². The summed E-state index contributed by atoms with van der Waals surface area (Å²) in [5.41, 5.74) is 4.87. The van der Waals surface area contributed by atoms with Crippen LogP contribution in [0.15, 0.2) is 59.3 Å². The molecule has 1 aromatic carbocycles. The van der Waals surface area contributed by atoms with Crippen molar-refractivity contribution in [3.8, 4) is 11.3 Å². The zero-order valence-corrected chi connectivity index (χ0v) is 22.4. The molecule has 226 valence electrons. The van der Waals surface area contributed by atoms with Crippen molar-refractivity contribution >= 4 is 28.6 Å².